The number of alkyl halides is 3. The van der Waals surface area contributed by atoms with Gasteiger partial charge in [-0.25, -0.2) is 0 Å². The average molecular weight is 553 g/mol. The molecule has 2 N–H and O–H groups in total. The van der Waals surface area contributed by atoms with Crippen LogP contribution in [0.3, 0.4) is 0 Å². The lowest BCUT2D eigenvalue weighted by atomic mass is 10.1. The van der Waals surface area contributed by atoms with Crippen molar-refractivity contribution in [1.82, 2.24) is 9.47 Å². The van der Waals surface area contributed by atoms with E-state index in [1.54, 1.807) is 10.6 Å². The Balaban J connectivity index is 1.30. The number of aryl methyl sites for hydroxylation is 1. The van der Waals surface area contributed by atoms with Crippen LogP contribution in [0.25, 0.3) is 10.9 Å². The molecule has 39 heavy (non-hydrogen) atoms. The van der Waals surface area contributed by atoms with E-state index in [2.05, 4.69) is 20.4 Å². The maximum atomic E-state index is 13.1. The van der Waals surface area contributed by atoms with Crippen molar-refractivity contribution in [3.05, 3.63) is 83.9 Å². The summed E-state index contributed by atoms with van der Waals surface area (Å²) < 4.78 is 41.2. The molecule has 1 aliphatic rings. The van der Waals surface area contributed by atoms with Crippen molar-refractivity contribution in [2.45, 2.75) is 19.8 Å². The topological polar surface area (TPSA) is 68.4 Å². The van der Waals surface area contributed by atoms with E-state index < -0.39 is 11.7 Å². The van der Waals surface area contributed by atoms with Crippen molar-refractivity contribution in [2.24, 2.45) is 10.2 Å². The van der Waals surface area contributed by atoms with Crippen LogP contribution in [0.4, 0.5) is 30.2 Å². The third kappa shape index (κ3) is 5.89. The highest BCUT2D eigenvalue weighted by Gasteiger charge is 2.31. The molecule has 3 aromatic carbocycles. The molecule has 5 rings (SSSR count). The fraction of sp³-hybridized carbons (Fsp3) is 0.250. The van der Waals surface area contributed by atoms with Gasteiger partial charge in [0.1, 0.15) is 0 Å². The van der Waals surface area contributed by atoms with Gasteiger partial charge in [0.2, 0.25) is 11.0 Å². The number of halogens is 3. The molecule has 2 heterocycles. The number of thiocarbonyl (C=S) groups is 1. The Morgan fingerprint density at radius 2 is 1.69 bits per heavy atom. The summed E-state index contributed by atoms with van der Waals surface area (Å²) in [5.74, 6) is -0.0288. The van der Waals surface area contributed by atoms with E-state index in [1.165, 1.54) is 12.1 Å². The number of benzene rings is 3. The van der Waals surface area contributed by atoms with Crippen LogP contribution in [0.5, 0.6) is 5.88 Å². The zero-order valence-electron chi connectivity index (χ0n) is 21.2. The van der Waals surface area contributed by atoms with E-state index in [9.17, 15) is 18.3 Å². The second kappa shape index (κ2) is 11.0. The third-order valence-electron chi connectivity index (χ3n) is 6.80. The molecule has 1 saturated heterocycles. The Morgan fingerprint density at radius 3 is 2.44 bits per heavy atom. The van der Waals surface area contributed by atoms with Gasteiger partial charge in [-0.3, -0.25) is 9.47 Å². The SMILES string of the molecule is Cc1ccccc1NC(=S)N=Nc1c(O)n(CN2CCN(c3cccc(C(F)(F)F)c3)CC2)c2ccccc12. The predicted octanol–water partition coefficient (Wildman–Crippen LogP) is 6.93. The fourth-order valence-corrected chi connectivity index (χ4v) is 4.84. The van der Waals surface area contributed by atoms with Crippen molar-refractivity contribution in [3.8, 4) is 5.88 Å². The molecule has 1 aliphatic heterocycles. The van der Waals surface area contributed by atoms with E-state index in [-0.39, 0.29) is 11.0 Å². The van der Waals surface area contributed by atoms with Crippen molar-refractivity contribution in [2.75, 3.05) is 36.4 Å². The smallest absolute Gasteiger partial charge is 0.416 e. The first-order valence-corrected chi connectivity index (χ1v) is 12.8. The van der Waals surface area contributed by atoms with Crippen LogP contribution in [-0.4, -0.2) is 45.9 Å². The molecule has 11 heteroatoms. The number of aromatic hydroxyl groups is 1. The standard InChI is InChI=1S/C28H27F3N6OS/c1-19-7-2-4-11-23(19)32-27(39)34-33-25-22-10-3-5-12-24(22)37(26(25)38)18-35-13-15-36(16-14-35)21-9-6-8-20(17-21)28(29,30)31/h2-12,17,38H,13-16,18H2,1H3,(H,32,39). The molecular formula is C28H27F3N6OS. The second-order valence-electron chi connectivity index (χ2n) is 9.36. The summed E-state index contributed by atoms with van der Waals surface area (Å²) in [5, 5.41) is 23.5. The van der Waals surface area contributed by atoms with Gasteiger partial charge < -0.3 is 15.3 Å². The number of aromatic nitrogens is 1. The van der Waals surface area contributed by atoms with Crippen LogP contribution >= 0.6 is 12.2 Å². The number of nitrogens with zero attached hydrogens (tertiary/aromatic N) is 5. The lowest BCUT2D eigenvalue weighted by Gasteiger charge is -2.36. The highest BCUT2D eigenvalue weighted by atomic mass is 32.1. The molecule has 0 saturated carbocycles. The Hall–Kier alpha value is -3.96. The molecule has 0 amide bonds. The number of para-hydroxylation sites is 2. The van der Waals surface area contributed by atoms with E-state index in [0.717, 1.165) is 28.2 Å². The number of nitrogens with one attached hydrogen (secondary N) is 1. The zero-order chi connectivity index (χ0) is 27.6. The number of piperazine rings is 1. The molecule has 0 atom stereocenters. The lowest BCUT2D eigenvalue weighted by Crippen LogP contribution is -2.46. The van der Waals surface area contributed by atoms with Gasteiger partial charge in [0.15, 0.2) is 5.69 Å². The molecule has 0 aliphatic carbocycles. The van der Waals surface area contributed by atoms with E-state index >= 15 is 0 Å². The second-order valence-corrected chi connectivity index (χ2v) is 9.74. The summed E-state index contributed by atoms with van der Waals surface area (Å²) in [4.78, 5) is 4.09. The van der Waals surface area contributed by atoms with Crippen LogP contribution in [-0.2, 0) is 12.8 Å². The highest BCUT2D eigenvalue weighted by Crippen LogP contribution is 2.39. The molecule has 202 valence electrons. The Morgan fingerprint density at radius 1 is 0.974 bits per heavy atom. The maximum absolute atomic E-state index is 13.1. The van der Waals surface area contributed by atoms with Gasteiger partial charge in [-0.05, 0) is 55.0 Å². The Kier molecular flexibility index (Phi) is 7.53. The van der Waals surface area contributed by atoms with E-state index in [0.29, 0.717) is 44.2 Å². The Bertz CT molecular complexity index is 1530. The van der Waals surface area contributed by atoms with Crippen LogP contribution in [0, 0.1) is 6.92 Å². The van der Waals surface area contributed by atoms with Crippen molar-refractivity contribution in [3.63, 3.8) is 0 Å². The van der Waals surface area contributed by atoms with Gasteiger partial charge in [0.25, 0.3) is 0 Å². The molecule has 1 aromatic heterocycles. The molecule has 0 unspecified atom stereocenters. The van der Waals surface area contributed by atoms with Crippen molar-refractivity contribution < 1.29 is 18.3 Å². The van der Waals surface area contributed by atoms with Crippen molar-refractivity contribution >= 4 is 45.3 Å². The normalized spacial score (nSPS) is 14.8. The van der Waals surface area contributed by atoms with Gasteiger partial charge in [-0.15, -0.1) is 10.2 Å². The summed E-state index contributed by atoms with van der Waals surface area (Å²) in [6, 6.07) is 20.6. The summed E-state index contributed by atoms with van der Waals surface area (Å²) >= 11 is 5.34. The van der Waals surface area contributed by atoms with Crippen molar-refractivity contribution in [1.29, 1.82) is 0 Å². The number of rotatable bonds is 5. The number of anilines is 2. The first-order chi connectivity index (χ1) is 18.7. The monoisotopic (exact) mass is 552 g/mol. The van der Waals surface area contributed by atoms with E-state index in [4.69, 9.17) is 12.2 Å². The number of fused-ring (bicyclic) bond motifs is 1. The van der Waals surface area contributed by atoms with Gasteiger partial charge >= 0.3 is 6.18 Å². The summed E-state index contributed by atoms with van der Waals surface area (Å²) in [5.41, 5.74) is 2.86. The quantitative estimate of drug-likeness (QED) is 0.208. The largest absolute Gasteiger partial charge is 0.493 e. The van der Waals surface area contributed by atoms with Crippen LogP contribution in [0.15, 0.2) is 83.0 Å². The Labute approximate surface area is 229 Å². The molecule has 0 spiro atoms. The first kappa shape index (κ1) is 26.6. The molecule has 7 nitrogen and oxygen atoms in total. The number of hydrogen-bond donors (Lipinski definition) is 2. The highest BCUT2D eigenvalue weighted by molar-refractivity contribution is 7.80. The first-order valence-electron chi connectivity index (χ1n) is 12.4. The predicted molar refractivity (Wildman–Crippen MR) is 151 cm³/mol. The minimum Gasteiger partial charge on any atom is -0.493 e. The minimum absolute atomic E-state index is 0.0288. The van der Waals surface area contributed by atoms with Gasteiger partial charge in [-0.1, -0.05) is 42.5 Å². The van der Waals surface area contributed by atoms with Gasteiger partial charge in [-0.2, -0.15) is 13.2 Å². The fourth-order valence-electron chi connectivity index (χ4n) is 4.69. The summed E-state index contributed by atoms with van der Waals surface area (Å²) in [6.45, 7) is 4.71. The molecule has 0 bridgehead atoms. The van der Waals surface area contributed by atoms with Gasteiger partial charge in [0.05, 0.1) is 17.7 Å². The zero-order valence-corrected chi connectivity index (χ0v) is 22.0. The molecule has 1 fully saturated rings. The van der Waals surface area contributed by atoms with Crippen LogP contribution < -0.4 is 10.2 Å². The van der Waals surface area contributed by atoms with Crippen LogP contribution in [0.1, 0.15) is 11.1 Å². The maximum Gasteiger partial charge on any atom is 0.416 e. The third-order valence-corrected chi connectivity index (χ3v) is 6.98. The number of hydrogen-bond acceptors (Lipinski definition) is 5. The van der Waals surface area contributed by atoms with E-state index in [1.807, 2.05) is 60.4 Å². The summed E-state index contributed by atoms with van der Waals surface area (Å²) in [7, 11) is 0. The average Bonchev–Trinajstić information content (AvgIpc) is 3.19. The lowest BCUT2D eigenvalue weighted by molar-refractivity contribution is -0.137. The molecule has 0 radical (unpaired) electrons. The van der Waals surface area contributed by atoms with Crippen LogP contribution in [0.2, 0.25) is 0 Å². The minimum atomic E-state index is -4.37. The molecular weight excluding hydrogens is 525 g/mol. The number of azo groups is 1. The van der Waals surface area contributed by atoms with Gasteiger partial charge in [0, 0.05) is 42.9 Å². The molecule has 4 aromatic rings. The summed E-state index contributed by atoms with van der Waals surface area (Å²) in [6.07, 6.45) is -4.37.